The van der Waals surface area contributed by atoms with Crippen LogP contribution in [0.1, 0.15) is 45.4 Å². The summed E-state index contributed by atoms with van der Waals surface area (Å²) in [6.07, 6.45) is 7.90. The quantitative estimate of drug-likeness (QED) is 0.710. The van der Waals surface area contributed by atoms with Crippen LogP contribution in [0.3, 0.4) is 0 Å². The van der Waals surface area contributed by atoms with Gasteiger partial charge in [0.25, 0.3) is 0 Å². The number of ether oxygens (including phenoxy) is 1. The molecule has 1 N–H and O–H groups in total. The average molecular weight is 199 g/mol. The minimum absolute atomic E-state index is 0.739. The Morgan fingerprint density at radius 3 is 2.57 bits per heavy atom. The Labute approximate surface area is 88.4 Å². The summed E-state index contributed by atoms with van der Waals surface area (Å²) >= 11 is 0. The molecule has 2 heteroatoms. The van der Waals surface area contributed by atoms with Crippen molar-refractivity contribution in [3.8, 4) is 0 Å². The normalized spacial score (nSPS) is 21.0. The Kier molecular flexibility index (Phi) is 6.20. The van der Waals surface area contributed by atoms with Crippen LogP contribution in [-0.4, -0.2) is 26.3 Å². The molecule has 14 heavy (non-hydrogen) atoms. The second-order valence-electron chi connectivity index (χ2n) is 4.41. The van der Waals surface area contributed by atoms with E-state index in [-0.39, 0.29) is 0 Å². The van der Waals surface area contributed by atoms with Crippen molar-refractivity contribution in [3.05, 3.63) is 0 Å². The maximum Gasteiger partial charge on any atom is 0.0468 e. The Morgan fingerprint density at radius 2 is 2.00 bits per heavy atom. The second kappa shape index (κ2) is 7.24. The summed E-state index contributed by atoms with van der Waals surface area (Å²) in [6.45, 7) is 4.24. The molecule has 1 aliphatic heterocycles. The molecule has 1 fully saturated rings. The molecule has 1 aliphatic rings. The third kappa shape index (κ3) is 4.43. The molecule has 1 saturated heterocycles. The lowest BCUT2D eigenvalue weighted by Crippen LogP contribution is -2.26. The van der Waals surface area contributed by atoms with Gasteiger partial charge >= 0.3 is 0 Å². The topological polar surface area (TPSA) is 21.3 Å². The maximum absolute atomic E-state index is 5.36. The van der Waals surface area contributed by atoms with Crippen LogP contribution >= 0.6 is 0 Å². The molecular formula is C12H25NO. The molecule has 1 unspecified atom stereocenters. The molecule has 0 bridgehead atoms. The van der Waals surface area contributed by atoms with Crippen LogP contribution < -0.4 is 5.32 Å². The van der Waals surface area contributed by atoms with Crippen LogP contribution in [0.2, 0.25) is 0 Å². The van der Waals surface area contributed by atoms with E-state index in [0.717, 1.165) is 25.2 Å². The third-order valence-corrected chi connectivity index (χ3v) is 3.31. The minimum atomic E-state index is 0.739. The van der Waals surface area contributed by atoms with Gasteiger partial charge in [-0.1, -0.05) is 13.3 Å². The van der Waals surface area contributed by atoms with E-state index < -0.39 is 0 Å². The number of rotatable bonds is 6. The first-order chi connectivity index (χ1) is 6.86. The van der Waals surface area contributed by atoms with Crippen LogP contribution in [0.15, 0.2) is 0 Å². The second-order valence-corrected chi connectivity index (χ2v) is 4.41. The van der Waals surface area contributed by atoms with Gasteiger partial charge < -0.3 is 10.1 Å². The van der Waals surface area contributed by atoms with Crippen molar-refractivity contribution in [2.75, 3.05) is 20.3 Å². The molecule has 1 rings (SSSR count). The lowest BCUT2D eigenvalue weighted by atomic mass is 9.92. The molecule has 0 aromatic rings. The summed E-state index contributed by atoms with van der Waals surface area (Å²) in [7, 11) is 2.09. The minimum Gasteiger partial charge on any atom is -0.381 e. The molecule has 0 aromatic carbocycles. The summed E-state index contributed by atoms with van der Waals surface area (Å²) in [6, 6.07) is 0.739. The smallest absolute Gasteiger partial charge is 0.0468 e. The van der Waals surface area contributed by atoms with E-state index in [9.17, 15) is 0 Å². The van der Waals surface area contributed by atoms with Gasteiger partial charge in [0.2, 0.25) is 0 Å². The molecule has 2 nitrogen and oxygen atoms in total. The van der Waals surface area contributed by atoms with Crippen molar-refractivity contribution in [1.82, 2.24) is 5.32 Å². The van der Waals surface area contributed by atoms with Gasteiger partial charge in [-0.05, 0) is 45.1 Å². The molecule has 0 spiro atoms. The van der Waals surface area contributed by atoms with Crippen LogP contribution in [0.4, 0.5) is 0 Å². The van der Waals surface area contributed by atoms with Gasteiger partial charge in [-0.2, -0.15) is 0 Å². The molecule has 84 valence electrons. The fourth-order valence-corrected chi connectivity index (χ4v) is 2.25. The largest absolute Gasteiger partial charge is 0.381 e. The molecule has 0 aromatic heterocycles. The van der Waals surface area contributed by atoms with Crippen molar-refractivity contribution in [3.63, 3.8) is 0 Å². The standard InChI is InChI=1S/C12H25NO/c1-3-4-12(13-2)6-5-11-7-9-14-10-8-11/h11-13H,3-10H2,1-2H3. The van der Waals surface area contributed by atoms with Gasteiger partial charge in [-0.25, -0.2) is 0 Å². The number of nitrogens with one attached hydrogen (secondary N) is 1. The fourth-order valence-electron chi connectivity index (χ4n) is 2.25. The Bertz CT molecular complexity index is 128. The molecular weight excluding hydrogens is 174 g/mol. The van der Waals surface area contributed by atoms with E-state index in [4.69, 9.17) is 4.74 Å². The van der Waals surface area contributed by atoms with E-state index in [1.54, 1.807) is 0 Å². The molecule has 0 saturated carbocycles. The third-order valence-electron chi connectivity index (χ3n) is 3.31. The van der Waals surface area contributed by atoms with Crippen molar-refractivity contribution in [2.45, 2.75) is 51.5 Å². The van der Waals surface area contributed by atoms with Gasteiger partial charge in [-0.15, -0.1) is 0 Å². The van der Waals surface area contributed by atoms with Gasteiger partial charge in [0, 0.05) is 19.3 Å². The van der Waals surface area contributed by atoms with Crippen molar-refractivity contribution in [1.29, 1.82) is 0 Å². The van der Waals surface area contributed by atoms with Crippen LogP contribution in [0.5, 0.6) is 0 Å². The number of hydrogen-bond donors (Lipinski definition) is 1. The maximum atomic E-state index is 5.36. The lowest BCUT2D eigenvalue weighted by Gasteiger charge is -2.24. The summed E-state index contributed by atoms with van der Waals surface area (Å²) in [5, 5.41) is 3.41. The van der Waals surface area contributed by atoms with Crippen molar-refractivity contribution < 1.29 is 4.74 Å². The molecule has 1 heterocycles. The summed E-state index contributed by atoms with van der Waals surface area (Å²) < 4.78 is 5.36. The monoisotopic (exact) mass is 199 g/mol. The van der Waals surface area contributed by atoms with E-state index in [1.165, 1.54) is 38.5 Å². The van der Waals surface area contributed by atoms with E-state index in [2.05, 4.69) is 19.3 Å². The van der Waals surface area contributed by atoms with Gasteiger partial charge in [0.05, 0.1) is 0 Å². The predicted molar refractivity (Wildman–Crippen MR) is 60.5 cm³/mol. The zero-order chi connectivity index (χ0) is 10.2. The first-order valence-corrected chi connectivity index (χ1v) is 6.11. The Balaban J connectivity index is 2.10. The van der Waals surface area contributed by atoms with Crippen molar-refractivity contribution >= 4 is 0 Å². The predicted octanol–water partition coefficient (Wildman–Crippen LogP) is 2.58. The van der Waals surface area contributed by atoms with Gasteiger partial charge in [0.15, 0.2) is 0 Å². The lowest BCUT2D eigenvalue weighted by molar-refractivity contribution is 0.0624. The SMILES string of the molecule is CCCC(CCC1CCOCC1)NC. The highest BCUT2D eigenvalue weighted by molar-refractivity contribution is 4.69. The average Bonchev–Trinajstić information content (AvgIpc) is 2.25. The first-order valence-electron chi connectivity index (χ1n) is 6.11. The molecule has 0 amide bonds. The molecule has 0 aliphatic carbocycles. The highest BCUT2D eigenvalue weighted by Gasteiger charge is 2.15. The zero-order valence-corrected chi connectivity index (χ0v) is 9.72. The van der Waals surface area contributed by atoms with Gasteiger partial charge in [0.1, 0.15) is 0 Å². The summed E-state index contributed by atoms with van der Waals surface area (Å²) in [5.41, 5.74) is 0. The highest BCUT2D eigenvalue weighted by atomic mass is 16.5. The Hall–Kier alpha value is -0.0800. The van der Waals surface area contributed by atoms with E-state index >= 15 is 0 Å². The van der Waals surface area contributed by atoms with Gasteiger partial charge in [-0.3, -0.25) is 0 Å². The van der Waals surface area contributed by atoms with E-state index in [0.29, 0.717) is 0 Å². The highest BCUT2D eigenvalue weighted by Crippen LogP contribution is 2.21. The summed E-state index contributed by atoms with van der Waals surface area (Å²) in [5.74, 6) is 0.927. The van der Waals surface area contributed by atoms with E-state index in [1.807, 2.05) is 0 Å². The Morgan fingerprint density at radius 1 is 1.29 bits per heavy atom. The number of hydrogen-bond acceptors (Lipinski definition) is 2. The zero-order valence-electron chi connectivity index (χ0n) is 9.72. The first kappa shape index (κ1) is 12.0. The van der Waals surface area contributed by atoms with Crippen LogP contribution in [0.25, 0.3) is 0 Å². The fraction of sp³-hybridized carbons (Fsp3) is 1.00. The molecule has 1 atom stereocenters. The summed E-state index contributed by atoms with van der Waals surface area (Å²) in [4.78, 5) is 0. The van der Waals surface area contributed by atoms with Crippen LogP contribution in [0, 0.1) is 5.92 Å². The van der Waals surface area contributed by atoms with Crippen LogP contribution in [-0.2, 0) is 4.74 Å². The molecule has 0 radical (unpaired) electrons. The van der Waals surface area contributed by atoms with Crippen molar-refractivity contribution in [2.24, 2.45) is 5.92 Å².